The van der Waals surface area contributed by atoms with Crippen LogP contribution in [-0.2, 0) is 23.9 Å². The van der Waals surface area contributed by atoms with Gasteiger partial charge in [0.2, 0.25) is 11.7 Å². The van der Waals surface area contributed by atoms with Gasteiger partial charge in [0.05, 0.1) is 49.5 Å². The van der Waals surface area contributed by atoms with Crippen LogP contribution in [0.2, 0.25) is 5.02 Å². The Morgan fingerprint density at radius 3 is 2.19 bits per heavy atom. The topological polar surface area (TPSA) is 119 Å². The number of Topliss-reactive ketones (excluding diaryl/α,β-unsaturated/α-hetero) is 1. The van der Waals surface area contributed by atoms with E-state index in [-0.39, 0.29) is 65.8 Å². The molecule has 0 saturated heterocycles. The van der Waals surface area contributed by atoms with Crippen molar-refractivity contribution in [3.8, 4) is 28.6 Å². The summed E-state index contributed by atoms with van der Waals surface area (Å²) in [5, 5.41) is 24.5. The lowest BCUT2D eigenvalue weighted by molar-refractivity contribution is -0.274. The Morgan fingerprint density at radius 2 is 1.50 bits per heavy atom. The van der Waals surface area contributed by atoms with Crippen LogP contribution in [0, 0.1) is 33.5 Å². The molecule has 0 radical (unpaired) electrons. The maximum atomic E-state index is 15.3. The molecule has 16 heteroatoms. The van der Waals surface area contributed by atoms with Crippen molar-refractivity contribution >= 4 is 23.3 Å². The maximum absolute atomic E-state index is 15.3. The molecule has 0 aliphatic heterocycles. The van der Waals surface area contributed by atoms with Crippen molar-refractivity contribution in [2.45, 2.75) is 96.0 Å². The van der Waals surface area contributed by atoms with Crippen molar-refractivity contribution in [2.75, 3.05) is 20.8 Å². The van der Waals surface area contributed by atoms with E-state index < -0.39 is 63.0 Å². The standard InChI is InChI=1S/C52H52ClF6NO8/c1-46-18-15-33(61)26-48(46)21-22-50(36(27-48)45(63)40-14-13-38(67-40)35-25-32(51(54,55)56)8-11-37(35)53)42(46)16-19-47(2)43(50)17-20-49(47,64)29-60(28-30-5-9-34(10-6-30)68-52(57,58)59)44(62)24-31-7-12-39(65-3)41(23-31)66-4/h5-14,21-23,25,27,33,42-43,61,64H,15-20,24,26,28-29H2,1-4H3/t33?,42-,43-,46-,47+,48+,49-,50-/m1/s1. The maximum Gasteiger partial charge on any atom is 0.573 e. The Labute approximate surface area is 394 Å². The van der Waals surface area contributed by atoms with Crippen LogP contribution in [0.25, 0.3) is 11.3 Å². The summed E-state index contributed by atoms with van der Waals surface area (Å²) in [6.45, 7) is 4.04. The van der Waals surface area contributed by atoms with Gasteiger partial charge in [-0.25, -0.2) is 0 Å². The summed E-state index contributed by atoms with van der Waals surface area (Å²) < 4.78 is 102. The molecule has 9 nitrogen and oxygen atoms in total. The smallest absolute Gasteiger partial charge is 0.493 e. The van der Waals surface area contributed by atoms with Crippen LogP contribution in [0.3, 0.4) is 0 Å². The second-order valence-corrected chi connectivity index (χ2v) is 20.2. The first-order valence-corrected chi connectivity index (χ1v) is 23.1. The van der Waals surface area contributed by atoms with Gasteiger partial charge in [0.15, 0.2) is 17.3 Å². The molecule has 8 atom stereocenters. The number of benzene rings is 3. The predicted molar refractivity (Wildman–Crippen MR) is 239 cm³/mol. The number of ether oxygens (including phenoxy) is 3. The fourth-order valence-electron chi connectivity index (χ4n) is 13.1. The zero-order chi connectivity index (χ0) is 48.8. The van der Waals surface area contributed by atoms with Gasteiger partial charge in [-0.15, -0.1) is 13.2 Å². The van der Waals surface area contributed by atoms with E-state index in [2.05, 4.69) is 23.8 Å². The number of aliphatic hydroxyl groups excluding tert-OH is 1. The lowest BCUT2D eigenvalue weighted by atomic mass is 9.32. The number of carbonyl (C=O) groups excluding carboxylic acids is 2. The lowest BCUT2D eigenvalue weighted by Crippen LogP contribution is -2.67. The van der Waals surface area contributed by atoms with Crippen LogP contribution in [0.1, 0.15) is 86.0 Å². The molecule has 10 rings (SSSR count). The molecule has 1 amide bonds. The van der Waals surface area contributed by atoms with Crippen LogP contribution < -0.4 is 14.2 Å². The van der Waals surface area contributed by atoms with Gasteiger partial charge in [-0.05, 0) is 128 Å². The average Bonchev–Trinajstić information content (AvgIpc) is 3.88. The van der Waals surface area contributed by atoms with E-state index >= 15 is 4.79 Å². The first kappa shape index (κ1) is 47.8. The summed E-state index contributed by atoms with van der Waals surface area (Å²) in [7, 11) is 2.97. The van der Waals surface area contributed by atoms with Crippen molar-refractivity contribution in [3.05, 3.63) is 124 Å². The second kappa shape index (κ2) is 16.7. The largest absolute Gasteiger partial charge is 0.573 e. The highest BCUT2D eigenvalue weighted by Gasteiger charge is 2.74. The van der Waals surface area contributed by atoms with Crippen molar-refractivity contribution in [3.63, 3.8) is 0 Å². The van der Waals surface area contributed by atoms with Crippen molar-refractivity contribution < 1.29 is 64.8 Å². The third kappa shape index (κ3) is 7.80. The fraction of sp³-hybridized carbons (Fsp3) is 0.462. The first-order chi connectivity index (χ1) is 32.0. The normalized spacial score (nSPS) is 30.5. The summed E-state index contributed by atoms with van der Waals surface area (Å²) in [6, 6.07) is 16.1. The number of halogens is 7. The van der Waals surface area contributed by atoms with E-state index in [9.17, 15) is 41.4 Å². The number of allylic oxidation sites excluding steroid dienone is 4. The minimum Gasteiger partial charge on any atom is -0.493 e. The highest BCUT2D eigenvalue weighted by Crippen LogP contribution is 2.78. The first-order valence-electron chi connectivity index (χ1n) is 22.7. The fourth-order valence-corrected chi connectivity index (χ4v) is 13.3. The molecule has 6 aliphatic rings. The summed E-state index contributed by atoms with van der Waals surface area (Å²) in [5.41, 5.74) is -3.92. The van der Waals surface area contributed by atoms with E-state index in [0.29, 0.717) is 66.7 Å². The van der Waals surface area contributed by atoms with Gasteiger partial charge < -0.3 is 33.7 Å². The molecule has 3 fully saturated rings. The minimum absolute atomic E-state index is 0.00625. The number of rotatable bonds is 12. The number of aliphatic hydroxyl groups is 2. The van der Waals surface area contributed by atoms with Crippen LogP contribution >= 0.6 is 11.6 Å². The Kier molecular flexibility index (Phi) is 11.8. The molecule has 2 bridgehead atoms. The molecule has 3 saturated carbocycles. The highest BCUT2D eigenvalue weighted by molar-refractivity contribution is 6.33. The van der Waals surface area contributed by atoms with Crippen LogP contribution in [0.5, 0.6) is 17.2 Å². The third-order valence-electron chi connectivity index (χ3n) is 16.5. The number of carbonyl (C=O) groups is 2. The number of alkyl halides is 6. The summed E-state index contributed by atoms with van der Waals surface area (Å²) in [6.07, 6.45) is -0.594. The van der Waals surface area contributed by atoms with E-state index in [1.54, 1.807) is 18.2 Å². The van der Waals surface area contributed by atoms with Crippen molar-refractivity contribution in [1.82, 2.24) is 4.90 Å². The van der Waals surface area contributed by atoms with E-state index in [0.717, 1.165) is 18.2 Å². The van der Waals surface area contributed by atoms with Gasteiger partial charge >= 0.3 is 12.5 Å². The predicted octanol–water partition coefficient (Wildman–Crippen LogP) is 11.6. The second-order valence-electron chi connectivity index (χ2n) is 19.8. The third-order valence-corrected chi connectivity index (χ3v) is 16.8. The number of hydrogen-bond acceptors (Lipinski definition) is 8. The minimum atomic E-state index is -4.90. The van der Waals surface area contributed by atoms with E-state index in [1.807, 2.05) is 13.0 Å². The quantitative estimate of drug-likeness (QED) is 0.0819. The molecular weight excluding hydrogens is 916 g/mol. The number of amides is 1. The number of hydrogen-bond donors (Lipinski definition) is 2. The van der Waals surface area contributed by atoms with Crippen LogP contribution in [-0.4, -0.2) is 65.6 Å². The Hall–Kier alpha value is -5.25. The molecule has 362 valence electrons. The summed E-state index contributed by atoms with van der Waals surface area (Å²) >= 11 is 6.40. The molecular formula is C52H52ClF6NO8. The number of furan rings is 1. The Balaban J connectivity index is 1.09. The highest BCUT2D eigenvalue weighted by atomic mass is 35.5. The van der Waals surface area contributed by atoms with Crippen LogP contribution in [0.4, 0.5) is 26.3 Å². The van der Waals surface area contributed by atoms with Crippen molar-refractivity contribution in [1.29, 1.82) is 0 Å². The lowest BCUT2D eigenvalue weighted by Gasteiger charge is -2.71. The summed E-state index contributed by atoms with van der Waals surface area (Å²) in [4.78, 5) is 31.4. The molecule has 1 unspecified atom stereocenters. The molecule has 2 spiro atoms. The molecule has 1 aromatic heterocycles. The number of ketones is 1. The van der Waals surface area contributed by atoms with E-state index in [1.165, 1.54) is 55.5 Å². The zero-order valence-electron chi connectivity index (χ0n) is 37.9. The Morgan fingerprint density at radius 1 is 0.824 bits per heavy atom. The van der Waals surface area contributed by atoms with Crippen molar-refractivity contribution in [2.24, 2.45) is 33.5 Å². The molecule has 4 aromatic rings. The monoisotopic (exact) mass is 967 g/mol. The van der Waals surface area contributed by atoms with Gasteiger partial charge in [0, 0.05) is 33.9 Å². The van der Waals surface area contributed by atoms with Gasteiger partial charge in [0.25, 0.3) is 0 Å². The zero-order valence-corrected chi connectivity index (χ0v) is 38.7. The van der Waals surface area contributed by atoms with Gasteiger partial charge in [0.1, 0.15) is 11.5 Å². The SMILES string of the molecule is COc1ccc(CC(=O)N(Cc2ccc(OC(F)(F)F)cc2)C[C@]2(O)CC[C@H]3[C@]45C=C[C@@]6(C=C4C(=O)c4ccc(-c7cc(C(F)(F)F)ccc7Cl)o4)CC(O)CC[C@]6(C)[C@H]5CC[C@@]32C)cc1OC. The number of methoxy groups -OCH3 is 2. The molecule has 2 N–H and O–H groups in total. The van der Waals surface area contributed by atoms with Gasteiger partial charge in [-0.2, -0.15) is 13.2 Å². The van der Waals surface area contributed by atoms with E-state index in [4.69, 9.17) is 25.5 Å². The Bertz CT molecular complexity index is 2700. The van der Waals surface area contributed by atoms with Gasteiger partial charge in [-0.1, -0.05) is 61.9 Å². The number of nitrogens with zero attached hydrogens (tertiary/aromatic N) is 1. The number of fused-ring (bicyclic) bond motifs is 1. The molecule has 1 heterocycles. The van der Waals surface area contributed by atoms with Crippen LogP contribution in [0.15, 0.2) is 101 Å². The molecule has 6 aliphatic carbocycles. The van der Waals surface area contributed by atoms with Gasteiger partial charge in [-0.3, -0.25) is 9.59 Å². The summed E-state index contributed by atoms with van der Waals surface area (Å²) in [5.74, 6) is -0.966. The molecule has 3 aromatic carbocycles. The molecule has 68 heavy (non-hydrogen) atoms. The average molecular weight is 968 g/mol.